The highest BCUT2D eigenvalue weighted by molar-refractivity contribution is 9.10. The maximum Gasteiger partial charge on any atom is 0.308 e. The Labute approximate surface area is 123 Å². The molecule has 0 aromatic heterocycles. The summed E-state index contributed by atoms with van der Waals surface area (Å²) in [6.07, 6.45) is 0. The fourth-order valence-electron chi connectivity index (χ4n) is 1.66. The third kappa shape index (κ3) is 3.89. The molecule has 0 heterocycles. The van der Waals surface area contributed by atoms with Gasteiger partial charge in [-0.2, -0.15) is 0 Å². The van der Waals surface area contributed by atoms with Crippen LogP contribution in [-0.4, -0.2) is 22.5 Å². The van der Waals surface area contributed by atoms with Crippen LogP contribution in [0.4, 0.5) is 15.8 Å². The average molecular weight is 349 g/mol. The van der Waals surface area contributed by atoms with Crippen molar-refractivity contribution in [3.05, 3.63) is 32.5 Å². The van der Waals surface area contributed by atoms with Crippen molar-refractivity contribution in [2.24, 2.45) is 11.8 Å². The number of carbonyl (C=O) groups is 1. The second kappa shape index (κ2) is 6.65. The molecule has 1 atom stereocenters. The zero-order chi connectivity index (χ0) is 15.4. The van der Waals surface area contributed by atoms with Crippen LogP contribution in [0.25, 0.3) is 0 Å². The molecule has 1 aromatic rings. The van der Waals surface area contributed by atoms with Crippen LogP contribution < -0.4 is 5.32 Å². The molecule has 110 valence electrons. The maximum atomic E-state index is 13.4. The molecule has 0 bridgehead atoms. The standard InChI is InChI=1S/C12H14BrFN2O4/c1-6(2)7(12(17)18)5-15-10-4-9(14)8(13)3-11(10)16(19)20/h3-4,6-7,15H,5H2,1-2H3,(H,17,18). The van der Waals surface area contributed by atoms with Crippen molar-refractivity contribution in [1.82, 2.24) is 0 Å². The topological polar surface area (TPSA) is 92.5 Å². The van der Waals surface area contributed by atoms with Crippen molar-refractivity contribution in [2.75, 3.05) is 11.9 Å². The average Bonchev–Trinajstić information content (AvgIpc) is 2.32. The summed E-state index contributed by atoms with van der Waals surface area (Å²) in [6.45, 7) is 3.45. The molecule has 1 aromatic carbocycles. The lowest BCUT2D eigenvalue weighted by molar-refractivity contribution is -0.384. The molecule has 8 heteroatoms. The number of carboxylic acid groups (broad SMARTS) is 1. The molecule has 6 nitrogen and oxygen atoms in total. The molecule has 1 rings (SSSR count). The lowest BCUT2D eigenvalue weighted by Gasteiger charge is -2.17. The quantitative estimate of drug-likeness (QED) is 0.607. The van der Waals surface area contributed by atoms with E-state index in [1.807, 2.05) is 0 Å². The monoisotopic (exact) mass is 348 g/mol. The van der Waals surface area contributed by atoms with Gasteiger partial charge < -0.3 is 10.4 Å². The molecular weight excluding hydrogens is 335 g/mol. The minimum atomic E-state index is -1.01. The number of hydrogen-bond acceptors (Lipinski definition) is 4. The van der Waals surface area contributed by atoms with E-state index in [-0.39, 0.29) is 28.3 Å². The van der Waals surface area contributed by atoms with Gasteiger partial charge in [-0.15, -0.1) is 0 Å². The van der Waals surface area contributed by atoms with E-state index in [0.717, 1.165) is 12.1 Å². The summed E-state index contributed by atoms with van der Waals surface area (Å²) in [5.74, 6) is -2.54. The predicted octanol–water partition coefficient (Wildman–Crippen LogP) is 3.27. The maximum absolute atomic E-state index is 13.4. The van der Waals surface area contributed by atoms with Gasteiger partial charge in [-0.25, -0.2) is 4.39 Å². The van der Waals surface area contributed by atoms with Crippen LogP contribution in [0.5, 0.6) is 0 Å². The van der Waals surface area contributed by atoms with Crippen LogP contribution in [0, 0.1) is 27.8 Å². The van der Waals surface area contributed by atoms with Crippen molar-refractivity contribution < 1.29 is 19.2 Å². The fourth-order valence-corrected chi connectivity index (χ4v) is 1.99. The first-order valence-corrected chi connectivity index (χ1v) is 6.63. The highest BCUT2D eigenvalue weighted by Crippen LogP contribution is 2.31. The van der Waals surface area contributed by atoms with Crippen LogP contribution in [0.1, 0.15) is 13.8 Å². The molecule has 0 amide bonds. The third-order valence-electron chi connectivity index (χ3n) is 2.87. The molecule has 2 N–H and O–H groups in total. The summed E-state index contributed by atoms with van der Waals surface area (Å²) >= 11 is 2.87. The van der Waals surface area contributed by atoms with Gasteiger partial charge in [0.25, 0.3) is 5.69 Å². The van der Waals surface area contributed by atoms with Crippen LogP contribution in [0.2, 0.25) is 0 Å². The number of hydrogen-bond donors (Lipinski definition) is 2. The highest BCUT2D eigenvalue weighted by atomic mass is 79.9. The van der Waals surface area contributed by atoms with Crippen molar-refractivity contribution in [1.29, 1.82) is 0 Å². The van der Waals surface area contributed by atoms with E-state index >= 15 is 0 Å². The Kier molecular flexibility index (Phi) is 5.43. The van der Waals surface area contributed by atoms with E-state index in [2.05, 4.69) is 21.2 Å². The molecule has 0 aliphatic carbocycles. The van der Waals surface area contributed by atoms with E-state index in [1.165, 1.54) is 0 Å². The number of nitro groups is 1. The number of rotatable bonds is 6. The number of aliphatic carboxylic acids is 1. The third-order valence-corrected chi connectivity index (χ3v) is 3.48. The molecule has 0 aliphatic rings. The molecule has 0 fully saturated rings. The van der Waals surface area contributed by atoms with E-state index < -0.39 is 22.6 Å². The highest BCUT2D eigenvalue weighted by Gasteiger charge is 2.23. The van der Waals surface area contributed by atoms with Gasteiger partial charge in [0.15, 0.2) is 0 Å². The van der Waals surface area contributed by atoms with E-state index in [4.69, 9.17) is 5.11 Å². The van der Waals surface area contributed by atoms with Crippen molar-refractivity contribution in [3.63, 3.8) is 0 Å². The first-order chi connectivity index (χ1) is 9.23. The number of benzene rings is 1. The molecule has 20 heavy (non-hydrogen) atoms. The summed E-state index contributed by atoms with van der Waals surface area (Å²) in [7, 11) is 0. The summed E-state index contributed by atoms with van der Waals surface area (Å²) in [6, 6.07) is 2.02. The van der Waals surface area contributed by atoms with Gasteiger partial charge >= 0.3 is 5.97 Å². The lowest BCUT2D eigenvalue weighted by atomic mass is 9.96. The van der Waals surface area contributed by atoms with Gasteiger partial charge in [0.05, 0.1) is 15.3 Å². The SMILES string of the molecule is CC(C)C(CNc1cc(F)c(Br)cc1[N+](=O)[O-])C(=O)O. The summed E-state index contributed by atoms with van der Waals surface area (Å²) in [5.41, 5.74) is -0.353. The zero-order valence-electron chi connectivity index (χ0n) is 10.9. The summed E-state index contributed by atoms with van der Waals surface area (Å²) in [4.78, 5) is 21.3. The molecule has 0 radical (unpaired) electrons. The van der Waals surface area contributed by atoms with Gasteiger partial charge in [-0.05, 0) is 21.8 Å². The Morgan fingerprint density at radius 1 is 1.55 bits per heavy atom. The van der Waals surface area contributed by atoms with Crippen molar-refractivity contribution >= 4 is 33.3 Å². The van der Waals surface area contributed by atoms with Crippen molar-refractivity contribution in [2.45, 2.75) is 13.8 Å². The van der Waals surface area contributed by atoms with E-state index in [0.29, 0.717) is 0 Å². The number of anilines is 1. The number of carboxylic acids is 1. The Balaban J connectivity index is 3.00. The second-order valence-corrected chi connectivity index (χ2v) is 5.46. The number of halogens is 2. The van der Waals surface area contributed by atoms with Gasteiger partial charge in [-0.3, -0.25) is 14.9 Å². The molecular formula is C12H14BrFN2O4. The first kappa shape index (κ1) is 16.4. The molecule has 0 saturated heterocycles. The lowest BCUT2D eigenvalue weighted by Crippen LogP contribution is -2.27. The van der Waals surface area contributed by atoms with Gasteiger partial charge in [-0.1, -0.05) is 13.8 Å². The first-order valence-electron chi connectivity index (χ1n) is 5.84. The normalized spacial score (nSPS) is 12.2. The van der Waals surface area contributed by atoms with Gasteiger partial charge in [0.2, 0.25) is 0 Å². The summed E-state index contributed by atoms with van der Waals surface area (Å²) < 4.78 is 13.4. The molecule has 0 aliphatic heterocycles. The van der Waals surface area contributed by atoms with Gasteiger partial charge in [0.1, 0.15) is 11.5 Å². The number of nitrogens with one attached hydrogen (secondary N) is 1. The largest absolute Gasteiger partial charge is 0.481 e. The minimum Gasteiger partial charge on any atom is -0.481 e. The van der Waals surface area contributed by atoms with Crippen molar-refractivity contribution in [3.8, 4) is 0 Å². The van der Waals surface area contributed by atoms with Crippen LogP contribution in [0.15, 0.2) is 16.6 Å². The number of nitrogens with zero attached hydrogens (tertiary/aromatic N) is 1. The Morgan fingerprint density at radius 2 is 2.15 bits per heavy atom. The van der Waals surface area contributed by atoms with Crippen LogP contribution >= 0.6 is 15.9 Å². The molecule has 1 unspecified atom stereocenters. The Morgan fingerprint density at radius 3 is 2.60 bits per heavy atom. The van der Waals surface area contributed by atoms with E-state index in [9.17, 15) is 19.3 Å². The predicted molar refractivity (Wildman–Crippen MR) is 75.2 cm³/mol. The second-order valence-electron chi connectivity index (χ2n) is 4.61. The van der Waals surface area contributed by atoms with Crippen LogP contribution in [0.3, 0.4) is 0 Å². The smallest absolute Gasteiger partial charge is 0.308 e. The molecule has 0 spiro atoms. The minimum absolute atomic E-state index is 0.0189. The summed E-state index contributed by atoms with van der Waals surface area (Å²) in [5, 5.41) is 22.6. The fraction of sp³-hybridized carbons (Fsp3) is 0.417. The molecule has 0 saturated carbocycles. The van der Waals surface area contributed by atoms with Crippen LogP contribution in [-0.2, 0) is 4.79 Å². The van der Waals surface area contributed by atoms with Gasteiger partial charge in [0, 0.05) is 18.7 Å². The van der Waals surface area contributed by atoms with E-state index in [1.54, 1.807) is 13.8 Å². The Hall–Kier alpha value is -1.70. The number of nitro benzene ring substituents is 1. The zero-order valence-corrected chi connectivity index (χ0v) is 12.5. The Bertz CT molecular complexity index is 536.